The summed E-state index contributed by atoms with van der Waals surface area (Å²) in [7, 11) is 0. The molecule has 0 saturated heterocycles. The first kappa shape index (κ1) is 8.29. The smallest absolute Gasteiger partial charge is 0.142 e. The molecule has 58 valence electrons. The van der Waals surface area contributed by atoms with E-state index in [0.717, 1.165) is 17.4 Å². The summed E-state index contributed by atoms with van der Waals surface area (Å²) in [6.07, 6.45) is 9.10. The summed E-state index contributed by atoms with van der Waals surface area (Å²) >= 11 is 0. The second-order valence-electron chi connectivity index (χ2n) is 2.26. The normalized spacial score (nSPS) is 9.58. The Kier molecular flexibility index (Phi) is 2.87. The van der Waals surface area contributed by atoms with E-state index in [0.29, 0.717) is 0 Å². The maximum atomic E-state index is 9.98. The van der Waals surface area contributed by atoms with Crippen molar-refractivity contribution >= 4 is 12.4 Å². The molecule has 0 radical (unpaired) electrons. The number of benzene rings is 1. The largest absolute Gasteiger partial charge is 0.299 e. The maximum absolute atomic E-state index is 9.98. The minimum Gasteiger partial charge on any atom is -0.299 e. The van der Waals surface area contributed by atoms with Gasteiger partial charge in [-0.05, 0) is 23.8 Å². The molecular weight excluding hydrogens is 148 g/mol. The van der Waals surface area contributed by atoms with Crippen molar-refractivity contribution in [2.45, 2.75) is 0 Å². The number of carbonyl (C=O) groups excluding carboxylic acids is 1. The zero-order valence-corrected chi connectivity index (χ0v) is 6.53. The lowest BCUT2D eigenvalue weighted by atomic mass is 10.1. The van der Waals surface area contributed by atoms with Crippen molar-refractivity contribution in [3.63, 3.8) is 0 Å². The van der Waals surface area contributed by atoms with Gasteiger partial charge >= 0.3 is 0 Å². The highest BCUT2D eigenvalue weighted by Gasteiger charge is 1.86. The quantitative estimate of drug-likeness (QED) is 0.363. The van der Waals surface area contributed by atoms with E-state index in [1.165, 1.54) is 6.08 Å². The molecule has 0 spiro atoms. The number of terminal acetylenes is 1. The van der Waals surface area contributed by atoms with Gasteiger partial charge in [-0.3, -0.25) is 4.79 Å². The number of hydrogen-bond acceptors (Lipinski definition) is 1. The fourth-order valence-corrected chi connectivity index (χ4v) is 0.841. The minimum atomic E-state index is 0.745. The van der Waals surface area contributed by atoms with Crippen molar-refractivity contribution in [3.05, 3.63) is 41.5 Å². The van der Waals surface area contributed by atoms with Crippen LogP contribution in [-0.2, 0) is 4.79 Å². The molecular formula is C11H8O. The summed E-state index contributed by atoms with van der Waals surface area (Å²) in [5.74, 6) is 2.52. The van der Waals surface area contributed by atoms with E-state index in [-0.39, 0.29) is 0 Å². The van der Waals surface area contributed by atoms with E-state index in [4.69, 9.17) is 6.42 Å². The minimum absolute atomic E-state index is 0.745. The van der Waals surface area contributed by atoms with Gasteiger partial charge in [0.1, 0.15) is 6.29 Å². The van der Waals surface area contributed by atoms with Crippen LogP contribution in [0.3, 0.4) is 0 Å². The number of aldehydes is 1. The first-order valence-corrected chi connectivity index (χ1v) is 3.55. The Morgan fingerprint density at radius 1 is 1.25 bits per heavy atom. The Morgan fingerprint density at radius 3 is 2.42 bits per heavy atom. The third kappa shape index (κ3) is 2.10. The highest BCUT2D eigenvalue weighted by molar-refractivity contribution is 5.73. The van der Waals surface area contributed by atoms with Crippen LogP contribution >= 0.6 is 0 Å². The highest BCUT2D eigenvalue weighted by Crippen LogP contribution is 2.04. The molecule has 0 aliphatic rings. The molecule has 12 heavy (non-hydrogen) atoms. The topological polar surface area (TPSA) is 17.1 Å². The fraction of sp³-hybridized carbons (Fsp3) is 0. The molecule has 0 atom stereocenters. The average molecular weight is 156 g/mol. The number of rotatable bonds is 2. The van der Waals surface area contributed by atoms with Crippen LogP contribution in [-0.4, -0.2) is 6.29 Å². The van der Waals surface area contributed by atoms with Gasteiger partial charge in [0.2, 0.25) is 0 Å². The molecule has 0 heterocycles. The standard InChI is InChI=1S/C11H8O/c1-2-10-5-7-11(8-6-10)4-3-9-12/h1,3-9H/b4-3+. The number of carbonyl (C=O) groups is 1. The molecule has 1 heteroatoms. The first-order valence-electron chi connectivity index (χ1n) is 3.55. The van der Waals surface area contributed by atoms with E-state index in [1.54, 1.807) is 6.08 Å². The molecule has 0 aliphatic carbocycles. The number of hydrogen-bond donors (Lipinski definition) is 0. The zero-order chi connectivity index (χ0) is 8.81. The van der Waals surface area contributed by atoms with Gasteiger partial charge in [0, 0.05) is 5.56 Å². The third-order valence-corrected chi connectivity index (χ3v) is 1.44. The van der Waals surface area contributed by atoms with E-state index in [1.807, 2.05) is 24.3 Å². The van der Waals surface area contributed by atoms with Gasteiger partial charge in [-0.2, -0.15) is 0 Å². The maximum Gasteiger partial charge on any atom is 0.142 e. The second-order valence-corrected chi connectivity index (χ2v) is 2.26. The van der Waals surface area contributed by atoms with Gasteiger partial charge < -0.3 is 0 Å². The van der Waals surface area contributed by atoms with Crippen LogP contribution in [0.1, 0.15) is 11.1 Å². The Hall–Kier alpha value is -1.81. The van der Waals surface area contributed by atoms with Crippen molar-refractivity contribution in [2.75, 3.05) is 0 Å². The molecule has 0 aromatic heterocycles. The van der Waals surface area contributed by atoms with Gasteiger partial charge in [-0.1, -0.05) is 24.1 Å². The molecule has 0 bridgehead atoms. The predicted octanol–water partition coefficient (Wildman–Crippen LogP) is 1.88. The Balaban J connectivity index is 2.86. The number of allylic oxidation sites excluding steroid dienone is 1. The molecule has 1 rings (SSSR count). The van der Waals surface area contributed by atoms with E-state index in [2.05, 4.69) is 5.92 Å². The SMILES string of the molecule is C#Cc1ccc(/C=C/C=O)cc1. The van der Waals surface area contributed by atoms with Crippen LogP contribution in [0.25, 0.3) is 6.08 Å². The van der Waals surface area contributed by atoms with E-state index >= 15 is 0 Å². The molecule has 1 nitrogen and oxygen atoms in total. The van der Waals surface area contributed by atoms with E-state index < -0.39 is 0 Å². The molecule has 1 aromatic carbocycles. The van der Waals surface area contributed by atoms with Crippen LogP contribution in [0.15, 0.2) is 30.3 Å². The average Bonchev–Trinajstić information content (AvgIpc) is 2.15. The molecule has 0 fully saturated rings. The first-order chi connectivity index (χ1) is 5.86. The van der Waals surface area contributed by atoms with E-state index in [9.17, 15) is 4.79 Å². The second kappa shape index (κ2) is 4.15. The monoisotopic (exact) mass is 156 g/mol. The third-order valence-electron chi connectivity index (χ3n) is 1.44. The molecule has 0 saturated carbocycles. The molecule has 1 aromatic rings. The van der Waals surface area contributed by atoms with Crippen LogP contribution in [0.4, 0.5) is 0 Å². The van der Waals surface area contributed by atoms with Gasteiger partial charge in [0.25, 0.3) is 0 Å². The summed E-state index contributed by atoms with van der Waals surface area (Å²) in [6.45, 7) is 0. The van der Waals surface area contributed by atoms with Crippen molar-refractivity contribution < 1.29 is 4.79 Å². The molecule has 0 unspecified atom stereocenters. The fourth-order valence-electron chi connectivity index (χ4n) is 0.841. The predicted molar refractivity (Wildman–Crippen MR) is 49.5 cm³/mol. The molecule has 0 aliphatic heterocycles. The lowest BCUT2D eigenvalue weighted by Crippen LogP contribution is -1.74. The Morgan fingerprint density at radius 2 is 1.92 bits per heavy atom. The van der Waals surface area contributed by atoms with Gasteiger partial charge in [-0.25, -0.2) is 0 Å². The van der Waals surface area contributed by atoms with Crippen molar-refractivity contribution in [1.82, 2.24) is 0 Å². The Bertz CT molecular complexity index is 325. The van der Waals surface area contributed by atoms with Crippen LogP contribution in [0.5, 0.6) is 0 Å². The van der Waals surface area contributed by atoms with Crippen LogP contribution in [0, 0.1) is 12.3 Å². The summed E-state index contributed by atoms with van der Waals surface area (Å²) in [6, 6.07) is 7.42. The van der Waals surface area contributed by atoms with Gasteiger partial charge in [0.05, 0.1) is 0 Å². The summed E-state index contributed by atoms with van der Waals surface area (Å²) < 4.78 is 0. The highest BCUT2D eigenvalue weighted by atomic mass is 16.1. The van der Waals surface area contributed by atoms with Crippen LogP contribution < -0.4 is 0 Å². The molecule has 0 N–H and O–H groups in total. The lowest BCUT2D eigenvalue weighted by molar-refractivity contribution is -0.104. The summed E-state index contributed by atoms with van der Waals surface area (Å²) in [5, 5.41) is 0. The van der Waals surface area contributed by atoms with Gasteiger partial charge in [0.15, 0.2) is 0 Å². The molecule has 0 amide bonds. The summed E-state index contributed by atoms with van der Waals surface area (Å²) in [4.78, 5) is 9.98. The lowest BCUT2D eigenvalue weighted by Gasteiger charge is -1.91. The van der Waals surface area contributed by atoms with Crippen molar-refractivity contribution in [2.24, 2.45) is 0 Å². The van der Waals surface area contributed by atoms with Gasteiger partial charge in [-0.15, -0.1) is 6.42 Å². The van der Waals surface area contributed by atoms with Crippen LogP contribution in [0.2, 0.25) is 0 Å². The summed E-state index contributed by atoms with van der Waals surface area (Å²) in [5.41, 5.74) is 1.82. The zero-order valence-electron chi connectivity index (χ0n) is 6.53. The van der Waals surface area contributed by atoms with Crippen molar-refractivity contribution in [3.8, 4) is 12.3 Å². The Labute approximate surface area is 71.7 Å². The van der Waals surface area contributed by atoms with Crippen molar-refractivity contribution in [1.29, 1.82) is 0 Å².